The quantitative estimate of drug-likeness (QED) is 0.634. The largest absolute Gasteiger partial charge is 0.399 e. The van der Waals surface area contributed by atoms with Gasteiger partial charge in [0.2, 0.25) is 0 Å². The molecule has 17 heavy (non-hydrogen) atoms. The molecule has 94 valence electrons. The van der Waals surface area contributed by atoms with Gasteiger partial charge < -0.3 is 10.6 Å². The van der Waals surface area contributed by atoms with Crippen LogP contribution in [0.3, 0.4) is 0 Å². The number of hydrogen-bond acceptors (Lipinski definition) is 2. The number of nitrogens with two attached hydrogens (primary N) is 1. The Balaban J connectivity index is 2.11. The fourth-order valence-corrected chi connectivity index (χ4v) is 2.89. The minimum atomic E-state index is 0.728. The van der Waals surface area contributed by atoms with E-state index >= 15 is 0 Å². The second-order valence-corrected chi connectivity index (χ2v) is 5.02. The standard InChI is InChI=1S/C15H24N2/c1-2-17(14-7-5-3-4-6-8-14)15-11-9-13(16)10-12-15/h9-12,14H,2-8,16H2,1H3. The van der Waals surface area contributed by atoms with Gasteiger partial charge in [-0.1, -0.05) is 25.7 Å². The van der Waals surface area contributed by atoms with E-state index in [4.69, 9.17) is 5.73 Å². The Morgan fingerprint density at radius 1 is 1.06 bits per heavy atom. The van der Waals surface area contributed by atoms with Gasteiger partial charge >= 0.3 is 0 Å². The first-order chi connectivity index (χ1) is 8.31. The van der Waals surface area contributed by atoms with Crippen molar-refractivity contribution in [3.63, 3.8) is 0 Å². The summed E-state index contributed by atoms with van der Waals surface area (Å²) < 4.78 is 0. The summed E-state index contributed by atoms with van der Waals surface area (Å²) in [7, 11) is 0. The van der Waals surface area contributed by atoms with Gasteiger partial charge in [-0.2, -0.15) is 0 Å². The first-order valence-corrected chi connectivity index (χ1v) is 6.93. The van der Waals surface area contributed by atoms with Crippen molar-refractivity contribution >= 4 is 11.4 Å². The maximum atomic E-state index is 5.75. The van der Waals surface area contributed by atoms with Crippen molar-refractivity contribution in [2.45, 2.75) is 51.5 Å². The van der Waals surface area contributed by atoms with Gasteiger partial charge in [0.1, 0.15) is 0 Å². The van der Waals surface area contributed by atoms with Crippen LogP contribution in [-0.4, -0.2) is 12.6 Å². The first kappa shape index (κ1) is 12.3. The number of nitrogens with zero attached hydrogens (tertiary/aromatic N) is 1. The van der Waals surface area contributed by atoms with Crippen LogP contribution >= 0.6 is 0 Å². The van der Waals surface area contributed by atoms with Gasteiger partial charge in [0.25, 0.3) is 0 Å². The highest BCUT2D eigenvalue weighted by Gasteiger charge is 2.18. The van der Waals surface area contributed by atoms with Crippen LogP contribution in [0.15, 0.2) is 24.3 Å². The minimum Gasteiger partial charge on any atom is -0.399 e. The summed E-state index contributed by atoms with van der Waals surface area (Å²) in [6.45, 7) is 3.34. The lowest BCUT2D eigenvalue weighted by atomic mass is 10.1. The zero-order valence-corrected chi connectivity index (χ0v) is 10.9. The van der Waals surface area contributed by atoms with E-state index in [-0.39, 0.29) is 0 Å². The van der Waals surface area contributed by atoms with Gasteiger partial charge in [-0.05, 0) is 44.0 Å². The Labute approximate surface area is 105 Å². The summed E-state index contributed by atoms with van der Waals surface area (Å²) >= 11 is 0. The molecule has 1 aliphatic rings. The van der Waals surface area contributed by atoms with Crippen LogP contribution in [0.25, 0.3) is 0 Å². The van der Waals surface area contributed by atoms with E-state index < -0.39 is 0 Å². The molecule has 2 rings (SSSR count). The van der Waals surface area contributed by atoms with Crippen LogP contribution in [0.2, 0.25) is 0 Å². The van der Waals surface area contributed by atoms with Crippen molar-refractivity contribution in [3.8, 4) is 0 Å². The van der Waals surface area contributed by atoms with Gasteiger partial charge in [-0.3, -0.25) is 0 Å². The third-order valence-corrected chi connectivity index (χ3v) is 3.83. The summed E-state index contributed by atoms with van der Waals surface area (Å²) in [6, 6.07) is 9.06. The van der Waals surface area contributed by atoms with Gasteiger partial charge in [-0.25, -0.2) is 0 Å². The SMILES string of the molecule is CCN(c1ccc(N)cc1)C1CCCCCC1. The van der Waals surface area contributed by atoms with Gasteiger partial charge in [0.05, 0.1) is 0 Å². The minimum absolute atomic E-state index is 0.728. The van der Waals surface area contributed by atoms with Crippen molar-refractivity contribution in [2.24, 2.45) is 0 Å². The Hall–Kier alpha value is -1.18. The summed E-state index contributed by atoms with van der Waals surface area (Å²) in [4.78, 5) is 2.55. The highest BCUT2D eigenvalue weighted by atomic mass is 15.2. The van der Waals surface area contributed by atoms with E-state index in [9.17, 15) is 0 Å². The van der Waals surface area contributed by atoms with Crippen LogP contribution < -0.4 is 10.6 Å². The third kappa shape index (κ3) is 3.15. The summed E-state index contributed by atoms with van der Waals surface area (Å²) in [5.41, 5.74) is 7.93. The highest BCUT2D eigenvalue weighted by molar-refractivity contribution is 5.53. The van der Waals surface area contributed by atoms with Crippen molar-refractivity contribution < 1.29 is 0 Å². The Bertz CT molecular complexity index is 323. The molecule has 1 fully saturated rings. The second kappa shape index (κ2) is 5.95. The number of benzene rings is 1. The summed E-state index contributed by atoms with van der Waals surface area (Å²) in [5, 5.41) is 0. The van der Waals surface area contributed by atoms with Crippen LogP contribution in [0.1, 0.15) is 45.4 Å². The molecule has 2 nitrogen and oxygen atoms in total. The first-order valence-electron chi connectivity index (χ1n) is 6.93. The molecule has 0 aliphatic heterocycles. The van der Waals surface area contributed by atoms with E-state index in [1.807, 2.05) is 12.1 Å². The fraction of sp³-hybridized carbons (Fsp3) is 0.600. The van der Waals surface area contributed by atoms with Crippen LogP contribution in [0.5, 0.6) is 0 Å². The van der Waals surface area contributed by atoms with Crippen molar-refractivity contribution in [3.05, 3.63) is 24.3 Å². The van der Waals surface area contributed by atoms with Crippen LogP contribution in [-0.2, 0) is 0 Å². The Morgan fingerprint density at radius 2 is 1.65 bits per heavy atom. The molecular formula is C15H24N2. The third-order valence-electron chi connectivity index (χ3n) is 3.83. The zero-order valence-electron chi connectivity index (χ0n) is 10.9. The van der Waals surface area contributed by atoms with Crippen molar-refractivity contribution in [2.75, 3.05) is 17.2 Å². The molecule has 0 bridgehead atoms. The lowest BCUT2D eigenvalue weighted by molar-refractivity contribution is 0.533. The maximum Gasteiger partial charge on any atom is 0.0370 e. The van der Waals surface area contributed by atoms with Crippen LogP contribution in [0.4, 0.5) is 11.4 Å². The molecule has 2 N–H and O–H groups in total. The zero-order chi connectivity index (χ0) is 12.1. The Morgan fingerprint density at radius 3 is 2.18 bits per heavy atom. The molecule has 0 aromatic heterocycles. The number of hydrogen-bond donors (Lipinski definition) is 1. The van der Waals surface area contributed by atoms with Crippen molar-refractivity contribution in [1.82, 2.24) is 0 Å². The molecule has 0 spiro atoms. The lowest BCUT2D eigenvalue weighted by Gasteiger charge is -2.32. The number of nitrogen functional groups attached to an aromatic ring is 1. The van der Waals surface area contributed by atoms with Crippen LogP contribution in [0, 0.1) is 0 Å². The van der Waals surface area contributed by atoms with E-state index in [1.165, 1.54) is 44.2 Å². The van der Waals surface area contributed by atoms with Crippen molar-refractivity contribution in [1.29, 1.82) is 0 Å². The van der Waals surface area contributed by atoms with E-state index in [0.717, 1.165) is 18.3 Å². The predicted octanol–water partition coefficient (Wildman–Crippen LogP) is 3.82. The molecular weight excluding hydrogens is 208 g/mol. The molecule has 1 aliphatic carbocycles. The average molecular weight is 232 g/mol. The molecule has 0 saturated heterocycles. The highest BCUT2D eigenvalue weighted by Crippen LogP contribution is 2.26. The molecule has 2 heteroatoms. The smallest absolute Gasteiger partial charge is 0.0370 e. The monoisotopic (exact) mass is 232 g/mol. The van der Waals surface area contributed by atoms with E-state index in [0.29, 0.717) is 0 Å². The fourth-order valence-electron chi connectivity index (χ4n) is 2.89. The van der Waals surface area contributed by atoms with E-state index in [2.05, 4.69) is 24.0 Å². The van der Waals surface area contributed by atoms with E-state index in [1.54, 1.807) is 0 Å². The number of rotatable bonds is 3. The molecule has 0 unspecified atom stereocenters. The molecule has 1 aromatic rings. The molecule has 1 saturated carbocycles. The lowest BCUT2D eigenvalue weighted by Crippen LogP contribution is -2.34. The average Bonchev–Trinajstić information content (AvgIpc) is 2.62. The topological polar surface area (TPSA) is 29.3 Å². The van der Waals surface area contributed by atoms with Gasteiger partial charge in [0.15, 0.2) is 0 Å². The molecule has 0 atom stereocenters. The summed E-state index contributed by atoms with van der Waals surface area (Å²) in [6.07, 6.45) is 8.29. The summed E-state index contributed by atoms with van der Waals surface area (Å²) in [5.74, 6) is 0. The molecule has 1 aromatic carbocycles. The Kier molecular flexibility index (Phi) is 4.29. The molecule has 0 radical (unpaired) electrons. The normalized spacial score (nSPS) is 17.7. The maximum absolute atomic E-state index is 5.75. The molecule has 0 heterocycles. The van der Waals surface area contributed by atoms with Gasteiger partial charge in [0, 0.05) is 24.0 Å². The predicted molar refractivity (Wildman–Crippen MR) is 75.4 cm³/mol. The number of anilines is 2. The van der Waals surface area contributed by atoms with Gasteiger partial charge in [-0.15, -0.1) is 0 Å². The second-order valence-electron chi connectivity index (χ2n) is 5.02. The molecule has 0 amide bonds.